The van der Waals surface area contributed by atoms with Gasteiger partial charge in [0.05, 0.1) is 0 Å². The molecular weight excluding hydrogens is 238 g/mol. The van der Waals surface area contributed by atoms with Crippen LogP contribution in [-0.2, 0) is 12.8 Å². The van der Waals surface area contributed by atoms with Gasteiger partial charge in [-0.2, -0.15) is 0 Å². The number of phenols is 1. The zero-order valence-corrected chi connectivity index (χ0v) is 10.7. The molecule has 2 aromatic carbocycles. The summed E-state index contributed by atoms with van der Waals surface area (Å²) in [7, 11) is 0. The van der Waals surface area contributed by atoms with Gasteiger partial charge >= 0.3 is 0 Å². The summed E-state index contributed by atoms with van der Waals surface area (Å²) in [6.45, 7) is 0.612. The number of ketones is 1. The summed E-state index contributed by atoms with van der Waals surface area (Å²) in [6, 6.07) is 14.3. The van der Waals surface area contributed by atoms with E-state index in [2.05, 4.69) is 0 Å². The summed E-state index contributed by atoms with van der Waals surface area (Å²) in [5.41, 5.74) is 8.23. The van der Waals surface area contributed by atoms with Gasteiger partial charge in [-0.15, -0.1) is 0 Å². The number of hydrogen-bond acceptors (Lipinski definition) is 3. The maximum Gasteiger partial charge on any atom is 0.167 e. The molecule has 0 amide bonds. The number of carbonyl (C=O) groups is 1. The zero-order valence-electron chi connectivity index (χ0n) is 10.7. The fourth-order valence-electron chi connectivity index (χ4n) is 1.93. The molecule has 0 aromatic heterocycles. The second kappa shape index (κ2) is 6.16. The van der Waals surface area contributed by atoms with Crippen LogP contribution in [0.3, 0.4) is 0 Å². The van der Waals surface area contributed by atoms with Crippen molar-refractivity contribution in [1.29, 1.82) is 0 Å². The summed E-state index contributed by atoms with van der Waals surface area (Å²) in [5.74, 6) is 0.285. The van der Waals surface area contributed by atoms with Crippen LogP contribution in [0.4, 0.5) is 0 Å². The van der Waals surface area contributed by atoms with Crippen LogP contribution in [0.5, 0.6) is 5.75 Å². The second-order valence-electron chi connectivity index (χ2n) is 4.50. The van der Waals surface area contributed by atoms with Gasteiger partial charge < -0.3 is 10.8 Å². The van der Waals surface area contributed by atoms with Crippen molar-refractivity contribution in [2.45, 2.75) is 12.8 Å². The van der Waals surface area contributed by atoms with Crippen LogP contribution in [0.15, 0.2) is 48.5 Å². The highest BCUT2D eigenvalue weighted by molar-refractivity contribution is 5.97. The number of hydrogen-bond donors (Lipinski definition) is 2. The van der Waals surface area contributed by atoms with Gasteiger partial charge in [-0.25, -0.2) is 0 Å². The summed E-state index contributed by atoms with van der Waals surface area (Å²) in [5, 5.41) is 9.19. The lowest BCUT2D eigenvalue weighted by atomic mass is 10.0. The predicted octanol–water partition coefficient (Wildman–Crippen LogP) is 2.32. The molecule has 3 N–H and O–H groups in total. The van der Waals surface area contributed by atoms with E-state index in [0.29, 0.717) is 18.5 Å². The van der Waals surface area contributed by atoms with Crippen molar-refractivity contribution in [3.63, 3.8) is 0 Å². The van der Waals surface area contributed by atoms with Gasteiger partial charge in [0.1, 0.15) is 5.75 Å². The van der Waals surface area contributed by atoms with Crippen LogP contribution >= 0.6 is 0 Å². The SMILES string of the molecule is NCCc1ccc(C(=O)Cc2ccc(O)cc2)cc1. The first-order valence-corrected chi connectivity index (χ1v) is 6.29. The second-order valence-corrected chi connectivity index (χ2v) is 4.50. The topological polar surface area (TPSA) is 63.3 Å². The van der Waals surface area contributed by atoms with Crippen molar-refractivity contribution >= 4 is 5.78 Å². The summed E-state index contributed by atoms with van der Waals surface area (Å²) >= 11 is 0. The maximum absolute atomic E-state index is 12.1. The number of rotatable bonds is 5. The Kier molecular flexibility index (Phi) is 4.31. The third kappa shape index (κ3) is 3.66. The molecular formula is C16H17NO2. The van der Waals surface area contributed by atoms with Crippen LogP contribution in [0.25, 0.3) is 0 Å². The van der Waals surface area contributed by atoms with E-state index < -0.39 is 0 Å². The van der Waals surface area contributed by atoms with Gasteiger partial charge in [0, 0.05) is 12.0 Å². The van der Waals surface area contributed by atoms with Gasteiger partial charge in [0.2, 0.25) is 0 Å². The highest BCUT2D eigenvalue weighted by Crippen LogP contribution is 2.13. The Balaban J connectivity index is 2.05. The van der Waals surface area contributed by atoms with E-state index in [9.17, 15) is 9.90 Å². The van der Waals surface area contributed by atoms with Crippen LogP contribution in [0, 0.1) is 0 Å². The molecule has 0 spiro atoms. The lowest BCUT2D eigenvalue weighted by Crippen LogP contribution is -2.05. The molecule has 98 valence electrons. The fourth-order valence-corrected chi connectivity index (χ4v) is 1.93. The average Bonchev–Trinajstić information content (AvgIpc) is 2.42. The van der Waals surface area contributed by atoms with Gasteiger partial charge in [-0.05, 0) is 36.2 Å². The molecule has 0 aliphatic heterocycles. The van der Waals surface area contributed by atoms with E-state index in [1.54, 1.807) is 24.3 Å². The summed E-state index contributed by atoms with van der Waals surface area (Å²) < 4.78 is 0. The first kappa shape index (κ1) is 13.3. The molecule has 2 aromatic rings. The molecule has 0 unspecified atom stereocenters. The van der Waals surface area contributed by atoms with Gasteiger partial charge in [0.15, 0.2) is 5.78 Å². The van der Waals surface area contributed by atoms with E-state index in [0.717, 1.165) is 17.5 Å². The molecule has 0 aliphatic rings. The van der Waals surface area contributed by atoms with E-state index in [1.807, 2.05) is 24.3 Å². The Morgan fingerprint density at radius 3 is 2.11 bits per heavy atom. The zero-order chi connectivity index (χ0) is 13.7. The number of Topliss-reactive ketones (excluding diaryl/α,β-unsaturated/α-hetero) is 1. The van der Waals surface area contributed by atoms with Crippen LogP contribution in [-0.4, -0.2) is 17.4 Å². The van der Waals surface area contributed by atoms with Gasteiger partial charge in [0.25, 0.3) is 0 Å². The van der Waals surface area contributed by atoms with Crippen LogP contribution in [0.2, 0.25) is 0 Å². The van der Waals surface area contributed by atoms with Crippen molar-refractivity contribution in [3.05, 3.63) is 65.2 Å². The fraction of sp³-hybridized carbons (Fsp3) is 0.188. The molecule has 0 fully saturated rings. The molecule has 3 heteroatoms. The van der Waals surface area contributed by atoms with Crippen molar-refractivity contribution in [3.8, 4) is 5.75 Å². The summed E-state index contributed by atoms with van der Waals surface area (Å²) in [6.07, 6.45) is 1.17. The highest BCUT2D eigenvalue weighted by atomic mass is 16.3. The van der Waals surface area contributed by atoms with E-state index in [4.69, 9.17) is 5.73 Å². The average molecular weight is 255 g/mol. The molecule has 0 bridgehead atoms. The van der Waals surface area contributed by atoms with Crippen molar-refractivity contribution < 1.29 is 9.90 Å². The molecule has 19 heavy (non-hydrogen) atoms. The Morgan fingerprint density at radius 1 is 0.947 bits per heavy atom. The molecule has 0 heterocycles. The smallest absolute Gasteiger partial charge is 0.167 e. The molecule has 0 saturated heterocycles. The minimum Gasteiger partial charge on any atom is -0.508 e. The largest absolute Gasteiger partial charge is 0.508 e. The predicted molar refractivity (Wildman–Crippen MR) is 75.3 cm³/mol. The molecule has 2 rings (SSSR count). The van der Waals surface area contributed by atoms with E-state index >= 15 is 0 Å². The Morgan fingerprint density at radius 2 is 1.53 bits per heavy atom. The third-order valence-corrected chi connectivity index (χ3v) is 3.01. The minimum atomic E-state index is 0.0741. The number of phenolic OH excluding ortho intramolecular Hbond substituents is 1. The first-order valence-electron chi connectivity index (χ1n) is 6.29. The van der Waals surface area contributed by atoms with Crippen molar-refractivity contribution in [2.24, 2.45) is 5.73 Å². The summed E-state index contributed by atoms with van der Waals surface area (Å²) in [4.78, 5) is 12.1. The standard InChI is InChI=1S/C16H17NO2/c17-10-9-12-1-5-14(6-2-12)16(19)11-13-3-7-15(18)8-4-13/h1-8,18H,9-11,17H2. The Hall–Kier alpha value is -2.13. The Bertz CT molecular complexity index is 544. The maximum atomic E-state index is 12.1. The number of aromatic hydroxyl groups is 1. The van der Waals surface area contributed by atoms with E-state index in [-0.39, 0.29) is 11.5 Å². The first-order chi connectivity index (χ1) is 9.19. The van der Waals surface area contributed by atoms with E-state index in [1.165, 1.54) is 0 Å². The van der Waals surface area contributed by atoms with Crippen molar-refractivity contribution in [1.82, 2.24) is 0 Å². The molecule has 0 aliphatic carbocycles. The lowest BCUT2D eigenvalue weighted by Gasteiger charge is -2.04. The molecule has 0 atom stereocenters. The van der Waals surface area contributed by atoms with Crippen molar-refractivity contribution in [2.75, 3.05) is 6.54 Å². The Labute approximate surface area is 112 Å². The van der Waals surface area contributed by atoms with Crippen LogP contribution in [0.1, 0.15) is 21.5 Å². The van der Waals surface area contributed by atoms with Crippen LogP contribution < -0.4 is 5.73 Å². The number of benzene rings is 2. The quantitative estimate of drug-likeness (QED) is 0.806. The number of carbonyl (C=O) groups excluding carboxylic acids is 1. The normalized spacial score (nSPS) is 10.4. The monoisotopic (exact) mass is 255 g/mol. The molecule has 0 radical (unpaired) electrons. The van der Waals surface area contributed by atoms with Gasteiger partial charge in [-0.1, -0.05) is 36.4 Å². The number of nitrogens with two attached hydrogens (primary N) is 1. The minimum absolute atomic E-state index is 0.0741. The molecule has 3 nitrogen and oxygen atoms in total. The molecule has 0 saturated carbocycles. The lowest BCUT2D eigenvalue weighted by molar-refractivity contribution is 0.0993. The van der Waals surface area contributed by atoms with Gasteiger partial charge in [-0.3, -0.25) is 4.79 Å². The third-order valence-electron chi connectivity index (χ3n) is 3.01. The highest BCUT2D eigenvalue weighted by Gasteiger charge is 2.07.